The number of hydrogen-bond donors (Lipinski definition) is 1. The molecule has 1 N–H and O–H groups in total. The van der Waals surface area contributed by atoms with E-state index >= 15 is 0 Å². The van der Waals surface area contributed by atoms with E-state index in [2.05, 4.69) is 5.32 Å². The summed E-state index contributed by atoms with van der Waals surface area (Å²) in [5.74, 6) is -0.386. The van der Waals surface area contributed by atoms with Crippen molar-refractivity contribution in [3.8, 4) is 0 Å². The van der Waals surface area contributed by atoms with E-state index in [1.807, 2.05) is 11.9 Å². The van der Waals surface area contributed by atoms with Crippen molar-refractivity contribution in [3.05, 3.63) is 35.6 Å². The molecule has 1 aromatic carbocycles. The van der Waals surface area contributed by atoms with Crippen LogP contribution >= 0.6 is 0 Å². The SMILES string of the molecule is CNC(=O)CCN(C)CCC(=O)c1ccc(F)cc1. The maximum Gasteiger partial charge on any atom is 0.221 e. The first-order chi connectivity index (χ1) is 9.02. The Labute approximate surface area is 112 Å². The van der Waals surface area contributed by atoms with E-state index in [0.717, 1.165) is 0 Å². The second kappa shape index (κ2) is 7.63. The summed E-state index contributed by atoms with van der Waals surface area (Å²) in [4.78, 5) is 24.8. The molecule has 0 fully saturated rings. The van der Waals surface area contributed by atoms with Crippen LogP contribution in [0, 0.1) is 5.82 Å². The third-order valence-electron chi connectivity index (χ3n) is 2.89. The van der Waals surface area contributed by atoms with Crippen LogP contribution in [-0.2, 0) is 4.79 Å². The van der Waals surface area contributed by atoms with Crippen LogP contribution in [0.25, 0.3) is 0 Å². The Morgan fingerprint density at radius 3 is 2.32 bits per heavy atom. The van der Waals surface area contributed by atoms with Gasteiger partial charge in [-0.05, 0) is 31.3 Å². The van der Waals surface area contributed by atoms with Crippen LogP contribution in [0.5, 0.6) is 0 Å². The van der Waals surface area contributed by atoms with Crippen molar-refractivity contribution in [1.82, 2.24) is 10.2 Å². The van der Waals surface area contributed by atoms with Crippen molar-refractivity contribution in [2.45, 2.75) is 12.8 Å². The Bertz CT molecular complexity index is 432. The molecule has 0 unspecified atom stereocenters. The quantitative estimate of drug-likeness (QED) is 0.760. The van der Waals surface area contributed by atoms with Crippen LogP contribution in [-0.4, -0.2) is 43.8 Å². The fourth-order valence-corrected chi connectivity index (χ4v) is 1.60. The highest BCUT2D eigenvalue weighted by molar-refractivity contribution is 5.96. The van der Waals surface area contributed by atoms with Crippen LogP contribution in [0.3, 0.4) is 0 Å². The molecule has 0 radical (unpaired) electrons. The normalized spacial score (nSPS) is 10.5. The zero-order valence-corrected chi connectivity index (χ0v) is 11.3. The second-order valence-corrected chi connectivity index (χ2v) is 4.41. The zero-order chi connectivity index (χ0) is 14.3. The highest BCUT2D eigenvalue weighted by atomic mass is 19.1. The summed E-state index contributed by atoms with van der Waals surface area (Å²) in [7, 11) is 3.46. The van der Waals surface area contributed by atoms with Gasteiger partial charge in [0.2, 0.25) is 5.91 Å². The molecule has 0 spiro atoms. The van der Waals surface area contributed by atoms with Gasteiger partial charge in [-0.1, -0.05) is 0 Å². The van der Waals surface area contributed by atoms with Crippen molar-refractivity contribution in [1.29, 1.82) is 0 Å². The van der Waals surface area contributed by atoms with E-state index in [4.69, 9.17) is 0 Å². The lowest BCUT2D eigenvalue weighted by atomic mass is 10.1. The molecule has 5 heteroatoms. The lowest BCUT2D eigenvalue weighted by Gasteiger charge is -2.15. The molecule has 1 amide bonds. The molecule has 0 atom stereocenters. The topological polar surface area (TPSA) is 49.4 Å². The van der Waals surface area contributed by atoms with Gasteiger partial charge in [-0.3, -0.25) is 9.59 Å². The summed E-state index contributed by atoms with van der Waals surface area (Å²) in [5.41, 5.74) is 0.515. The van der Waals surface area contributed by atoms with Crippen molar-refractivity contribution in [3.63, 3.8) is 0 Å². The summed E-state index contributed by atoms with van der Waals surface area (Å²) in [6.07, 6.45) is 0.771. The molecule has 0 aliphatic rings. The number of rotatable bonds is 7. The molecular weight excluding hydrogens is 247 g/mol. The van der Waals surface area contributed by atoms with Gasteiger partial charge in [0.1, 0.15) is 5.82 Å². The molecular formula is C14H19FN2O2. The minimum atomic E-state index is -0.348. The van der Waals surface area contributed by atoms with Gasteiger partial charge in [0.15, 0.2) is 5.78 Å². The fraction of sp³-hybridized carbons (Fsp3) is 0.429. The van der Waals surface area contributed by atoms with Gasteiger partial charge in [-0.15, -0.1) is 0 Å². The summed E-state index contributed by atoms with van der Waals surface area (Å²) in [6.45, 7) is 1.18. The number of hydrogen-bond acceptors (Lipinski definition) is 3. The largest absolute Gasteiger partial charge is 0.359 e. The smallest absolute Gasteiger partial charge is 0.221 e. The Morgan fingerprint density at radius 1 is 1.16 bits per heavy atom. The van der Waals surface area contributed by atoms with Gasteiger partial charge in [0.05, 0.1) is 0 Å². The van der Waals surface area contributed by atoms with Crippen molar-refractivity contribution < 1.29 is 14.0 Å². The average Bonchev–Trinajstić information content (AvgIpc) is 2.42. The fourth-order valence-electron chi connectivity index (χ4n) is 1.60. The summed E-state index contributed by atoms with van der Waals surface area (Å²) < 4.78 is 12.7. The predicted octanol–water partition coefficient (Wildman–Crippen LogP) is 1.47. The molecule has 0 aromatic heterocycles. The number of nitrogens with one attached hydrogen (secondary N) is 1. The Kier molecular flexibility index (Phi) is 6.15. The number of benzene rings is 1. The maximum atomic E-state index is 12.7. The van der Waals surface area contributed by atoms with Crippen LogP contribution in [0.2, 0.25) is 0 Å². The van der Waals surface area contributed by atoms with Crippen molar-refractivity contribution >= 4 is 11.7 Å². The van der Waals surface area contributed by atoms with Crippen LogP contribution in [0.15, 0.2) is 24.3 Å². The molecule has 4 nitrogen and oxygen atoms in total. The maximum absolute atomic E-state index is 12.7. The number of carbonyl (C=O) groups excluding carboxylic acids is 2. The molecule has 0 heterocycles. The molecule has 19 heavy (non-hydrogen) atoms. The molecule has 1 rings (SSSR count). The molecule has 0 aliphatic heterocycles. The van der Waals surface area contributed by atoms with E-state index in [0.29, 0.717) is 31.5 Å². The molecule has 0 aliphatic carbocycles. The Morgan fingerprint density at radius 2 is 1.74 bits per heavy atom. The number of Topliss-reactive ketones (excluding diaryl/α,β-unsaturated/α-hetero) is 1. The molecule has 0 saturated carbocycles. The summed E-state index contributed by atoms with van der Waals surface area (Å²) in [6, 6.07) is 5.54. The van der Waals surface area contributed by atoms with Gasteiger partial charge in [-0.2, -0.15) is 0 Å². The van der Waals surface area contributed by atoms with Crippen LogP contribution < -0.4 is 5.32 Å². The number of amides is 1. The van der Waals surface area contributed by atoms with Crippen molar-refractivity contribution in [2.24, 2.45) is 0 Å². The summed E-state index contributed by atoms with van der Waals surface area (Å²) >= 11 is 0. The van der Waals surface area contributed by atoms with Gasteiger partial charge in [0.25, 0.3) is 0 Å². The van der Waals surface area contributed by atoms with Crippen LogP contribution in [0.4, 0.5) is 4.39 Å². The van der Waals surface area contributed by atoms with Gasteiger partial charge >= 0.3 is 0 Å². The van der Waals surface area contributed by atoms with Gasteiger partial charge < -0.3 is 10.2 Å². The number of halogens is 1. The Hall–Kier alpha value is -1.75. The predicted molar refractivity (Wildman–Crippen MR) is 71.5 cm³/mol. The van der Waals surface area contributed by atoms with E-state index < -0.39 is 0 Å². The monoisotopic (exact) mass is 266 g/mol. The molecule has 104 valence electrons. The van der Waals surface area contributed by atoms with E-state index in [1.54, 1.807) is 7.05 Å². The first kappa shape index (κ1) is 15.3. The lowest BCUT2D eigenvalue weighted by molar-refractivity contribution is -0.120. The van der Waals surface area contributed by atoms with Crippen LogP contribution in [0.1, 0.15) is 23.2 Å². The zero-order valence-electron chi connectivity index (χ0n) is 11.3. The minimum Gasteiger partial charge on any atom is -0.359 e. The Balaban J connectivity index is 2.33. The standard InChI is InChI=1S/C14H19FN2O2/c1-16-14(19)8-10-17(2)9-7-13(18)11-3-5-12(15)6-4-11/h3-6H,7-10H2,1-2H3,(H,16,19). The van der Waals surface area contributed by atoms with Crippen molar-refractivity contribution in [2.75, 3.05) is 27.2 Å². The lowest BCUT2D eigenvalue weighted by Crippen LogP contribution is -2.28. The highest BCUT2D eigenvalue weighted by Gasteiger charge is 2.08. The highest BCUT2D eigenvalue weighted by Crippen LogP contribution is 2.06. The second-order valence-electron chi connectivity index (χ2n) is 4.41. The first-order valence-corrected chi connectivity index (χ1v) is 6.21. The number of carbonyl (C=O) groups is 2. The van der Waals surface area contributed by atoms with E-state index in [9.17, 15) is 14.0 Å². The summed E-state index contributed by atoms with van der Waals surface area (Å²) in [5, 5.41) is 2.55. The third kappa shape index (κ3) is 5.61. The molecule has 0 saturated heterocycles. The number of ketones is 1. The third-order valence-corrected chi connectivity index (χ3v) is 2.89. The molecule has 0 bridgehead atoms. The first-order valence-electron chi connectivity index (χ1n) is 6.21. The average molecular weight is 266 g/mol. The van der Waals surface area contributed by atoms with E-state index in [-0.39, 0.29) is 17.5 Å². The molecule has 1 aromatic rings. The minimum absolute atomic E-state index is 0.0169. The van der Waals surface area contributed by atoms with E-state index in [1.165, 1.54) is 24.3 Å². The number of nitrogens with zero attached hydrogens (tertiary/aromatic N) is 1. The van der Waals surface area contributed by atoms with Gasteiger partial charge in [-0.25, -0.2) is 4.39 Å². The van der Waals surface area contributed by atoms with Gasteiger partial charge in [0, 0.05) is 38.5 Å².